The topological polar surface area (TPSA) is 70.7 Å². The van der Waals surface area contributed by atoms with Gasteiger partial charge in [-0.2, -0.15) is 10.1 Å². The molecule has 1 aliphatic carbocycles. The van der Waals surface area contributed by atoms with Gasteiger partial charge in [0.25, 0.3) is 0 Å². The van der Waals surface area contributed by atoms with Crippen molar-refractivity contribution in [1.29, 1.82) is 0 Å². The quantitative estimate of drug-likeness (QED) is 0.738. The first kappa shape index (κ1) is 9.89. The van der Waals surface area contributed by atoms with Crippen molar-refractivity contribution < 1.29 is 4.79 Å². The monoisotopic (exact) mass is 206 g/mol. The predicted octanol–water partition coefficient (Wildman–Crippen LogP) is 1.63. The van der Waals surface area contributed by atoms with E-state index in [-0.39, 0.29) is 5.91 Å². The van der Waals surface area contributed by atoms with Gasteiger partial charge < -0.3 is 0 Å². The lowest BCUT2D eigenvalue weighted by atomic mass is 9.97. The molecule has 1 aromatic rings. The van der Waals surface area contributed by atoms with Crippen LogP contribution in [0.15, 0.2) is 18.0 Å². The molecule has 2 N–H and O–H groups in total. The van der Waals surface area contributed by atoms with E-state index in [4.69, 9.17) is 0 Å². The van der Waals surface area contributed by atoms with Gasteiger partial charge in [-0.25, -0.2) is 5.10 Å². The molecule has 0 fully saturated rings. The van der Waals surface area contributed by atoms with Crippen LogP contribution in [-0.2, 0) is 4.79 Å². The number of hydrogen-bond acceptors (Lipinski definition) is 3. The lowest BCUT2D eigenvalue weighted by Gasteiger charge is -2.11. The maximum atomic E-state index is 11.5. The second-order valence-corrected chi connectivity index (χ2v) is 3.67. The van der Waals surface area contributed by atoms with Gasteiger partial charge >= 0.3 is 0 Å². The largest absolute Gasteiger partial charge is 0.295 e. The molecule has 5 heteroatoms. The fourth-order valence-electron chi connectivity index (χ4n) is 1.71. The van der Waals surface area contributed by atoms with Gasteiger partial charge in [-0.1, -0.05) is 11.6 Å². The van der Waals surface area contributed by atoms with E-state index in [1.165, 1.54) is 24.7 Å². The molecule has 0 atom stereocenters. The summed E-state index contributed by atoms with van der Waals surface area (Å²) in [5.74, 6) is 0.385. The van der Waals surface area contributed by atoms with E-state index < -0.39 is 0 Å². The maximum absolute atomic E-state index is 11.5. The zero-order valence-corrected chi connectivity index (χ0v) is 8.49. The number of hydrogen-bond donors (Lipinski definition) is 2. The standard InChI is InChI=1S/C10H14N4O/c15-9(13-10-11-7-12-14-10)6-8-4-2-1-3-5-8/h4,7H,1-3,5-6H2,(H2,11,12,13,14,15). The molecule has 0 bridgehead atoms. The Bertz CT molecular complexity index is 356. The lowest BCUT2D eigenvalue weighted by molar-refractivity contribution is -0.115. The van der Waals surface area contributed by atoms with Gasteiger partial charge in [-0.05, 0) is 25.7 Å². The Morgan fingerprint density at radius 3 is 3.13 bits per heavy atom. The Labute approximate surface area is 88.0 Å². The second kappa shape index (κ2) is 4.72. The van der Waals surface area contributed by atoms with Crippen LogP contribution in [0, 0.1) is 0 Å². The number of nitrogens with zero attached hydrogens (tertiary/aromatic N) is 2. The molecule has 80 valence electrons. The van der Waals surface area contributed by atoms with Crippen molar-refractivity contribution in [1.82, 2.24) is 15.2 Å². The normalized spacial score (nSPS) is 15.9. The van der Waals surface area contributed by atoms with Crippen LogP contribution >= 0.6 is 0 Å². The smallest absolute Gasteiger partial charge is 0.230 e. The minimum absolute atomic E-state index is 0.0279. The first-order valence-corrected chi connectivity index (χ1v) is 5.18. The number of aromatic amines is 1. The summed E-state index contributed by atoms with van der Waals surface area (Å²) in [6, 6.07) is 0. The number of carbonyl (C=O) groups is 1. The number of carbonyl (C=O) groups excluding carboxylic acids is 1. The van der Waals surface area contributed by atoms with Crippen molar-refractivity contribution in [2.24, 2.45) is 0 Å². The molecule has 1 amide bonds. The summed E-state index contributed by atoms with van der Waals surface area (Å²) >= 11 is 0. The molecule has 1 aromatic heterocycles. The lowest BCUT2D eigenvalue weighted by Crippen LogP contribution is -2.14. The molecule has 0 aliphatic heterocycles. The number of aromatic nitrogens is 3. The van der Waals surface area contributed by atoms with Crippen LogP contribution in [0.1, 0.15) is 32.1 Å². The summed E-state index contributed by atoms with van der Waals surface area (Å²) in [5.41, 5.74) is 1.23. The van der Waals surface area contributed by atoms with E-state index in [9.17, 15) is 4.79 Å². The molecule has 0 spiro atoms. The van der Waals surface area contributed by atoms with Gasteiger partial charge in [0.05, 0.1) is 0 Å². The van der Waals surface area contributed by atoms with Gasteiger partial charge in [0.15, 0.2) is 0 Å². The van der Waals surface area contributed by atoms with Gasteiger partial charge in [0, 0.05) is 6.42 Å². The maximum Gasteiger partial charge on any atom is 0.230 e. The highest BCUT2D eigenvalue weighted by Crippen LogP contribution is 2.20. The highest BCUT2D eigenvalue weighted by Gasteiger charge is 2.09. The predicted molar refractivity (Wildman–Crippen MR) is 56.2 cm³/mol. The number of H-pyrrole nitrogens is 1. The Morgan fingerprint density at radius 2 is 2.47 bits per heavy atom. The molecule has 2 rings (SSSR count). The fourth-order valence-corrected chi connectivity index (χ4v) is 1.71. The third kappa shape index (κ3) is 2.90. The molecule has 15 heavy (non-hydrogen) atoms. The van der Waals surface area contributed by atoms with E-state index in [1.807, 2.05) is 0 Å². The van der Waals surface area contributed by atoms with Crippen molar-refractivity contribution in [3.8, 4) is 0 Å². The molecule has 1 heterocycles. The van der Waals surface area contributed by atoms with E-state index in [2.05, 4.69) is 26.6 Å². The molecule has 1 aliphatic rings. The van der Waals surface area contributed by atoms with Crippen LogP contribution in [0.2, 0.25) is 0 Å². The third-order valence-electron chi connectivity index (χ3n) is 2.45. The Balaban J connectivity index is 1.84. The van der Waals surface area contributed by atoms with E-state index >= 15 is 0 Å². The summed E-state index contributed by atoms with van der Waals surface area (Å²) in [5, 5.41) is 8.91. The molecule has 0 unspecified atom stereocenters. The summed E-state index contributed by atoms with van der Waals surface area (Å²) in [7, 11) is 0. The van der Waals surface area contributed by atoms with Crippen LogP contribution in [-0.4, -0.2) is 21.1 Å². The van der Waals surface area contributed by atoms with Gasteiger partial charge in [0.1, 0.15) is 6.33 Å². The molecule has 0 radical (unpaired) electrons. The van der Waals surface area contributed by atoms with E-state index in [0.717, 1.165) is 12.8 Å². The van der Waals surface area contributed by atoms with Crippen LogP contribution in [0.25, 0.3) is 0 Å². The van der Waals surface area contributed by atoms with Gasteiger partial charge in [-0.15, -0.1) is 0 Å². The van der Waals surface area contributed by atoms with Crippen molar-refractivity contribution in [3.05, 3.63) is 18.0 Å². The van der Waals surface area contributed by atoms with Crippen LogP contribution in [0.3, 0.4) is 0 Å². The minimum Gasteiger partial charge on any atom is -0.295 e. The summed E-state index contributed by atoms with van der Waals surface area (Å²) in [6.07, 6.45) is 8.60. The highest BCUT2D eigenvalue weighted by atomic mass is 16.1. The Morgan fingerprint density at radius 1 is 1.53 bits per heavy atom. The molecular weight excluding hydrogens is 192 g/mol. The SMILES string of the molecule is O=C(CC1=CCCCC1)Nc1ncn[nH]1. The summed E-state index contributed by atoms with van der Waals surface area (Å²) < 4.78 is 0. The third-order valence-corrected chi connectivity index (χ3v) is 2.45. The van der Waals surface area contributed by atoms with Crippen LogP contribution < -0.4 is 5.32 Å². The Hall–Kier alpha value is -1.65. The number of anilines is 1. The van der Waals surface area contributed by atoms with Gasteiger partial charge in [0.2, 0.25) is 11.9 Å². The molecular formula is C10H14N4O. The number of amides is 1. The van der Waals surface area contributed by atoms with Crippen LogP contribution in [0.4, 0.5) is 5.95 Å². The van der Waals surface area contributed by atoms with Gasteiger partial charge in [-0.3, -0.25) is 10.1 Å². The average Bonchev–Trinajstić information content (AvgIpc) is 2.71. The van der Waals surface area contributed by atoms with Crippen molar-refractivity contribution in [3.63, 3.8) is 0 Å². The van der Waals surface area contributed by atoms with E-state index in [1.54, 1.807) is 0 Å². The summed E-state index contributed by atoms with van der Waals surface area (Å²) in [4.78, 5) is 15.4. The zero-order chi connectivity index (χ0) is 10.5. The zero-order valence-electron chi connectivity index (χ0n) is 8.49. The number of nitrogens with one attached hydrogen (secondary N) is 2. The average molecular weight is 206 g/mol. The van der Waals surface area contributed by atoms with E-state index in [0.29, 0.717) is 12.4 Å². The second-order valence-electron chi connectivity index (χ2n) is 3.67. The van der Waals surface area contributed by atoms with Crippen LogP contribution in [0.5, 0.6) is 0 Å². The van der Waals surface area contributed by atoms with Crippen molar-refractivity contribution in [2.75, 3.05) is 5.32 Å². The summed E-state index contributed by atoms with van der Waals surface area (Å²) in [6.45, 7) is 0. The fraction of sp³-hybridized carbons (Fsp3) is 0.500. The minimum atomic E-state index is -0.0279. The molecule has 0 saturated heterocycles. The molecule has 0 aromatic carbocycles. The molecule has 5 nitrogen and oxygen atoms in total. The molecule has 0 saturated carbocycles. The highest BCUT2D eigenvalue weighted by molar-refractivity contribution is 5.90. The first-order chi connectivity index (χ1) is 7.34. The number of allylic oxidation sites excluding steroid dienone is 1. The van der Waals surface area contributed by atoms with Crippen molar-refractivity contribution in [2.45, 2.75) is 32.1 Å². The first-order valence-electron chi connectivity index (χ1n) is 5.18. The Kier molecular flexibility index (Phi) is 3.11. The van der Waals surface area contributed by atoms with Crippen molar-refractivity contribution >= 4 is 11.9 Å². The number of rotatable bonds is 3.